The van der Waals surface area contributed by atoms with Crippen LogP contribution in [0.1, 0.15) is 48.7 Å². The second-order valence-electron chi connectivity index (χ2n) is 7.04. The Morgan fingerprint density at radius 3 is 2.85 bits per heavy atom. The van der Waals surface area contributed by atoms with E-state index in [-0.39, 0.29) is 5.91 Å². The van der Waals surface area contributed by atoms with Crippen molar-refractivity contribution < 1.29 is 9.21 Å². The molecule has 1 aliphatic heterocycles. The minimum absolute atomic E-state index is 0.111. The average Bonchev–Trinajstić information content (AvgIpc) is 3.13. The Morgan fingerprint density at radius 1 is 1.23 bits per heavy atom. The lowest BCUT2D eigenvalue weighted by molar-refractivity contribution is 0.0610. The van der Waals surface area contributed by atoms with Gasteiger partial charge in [-0.2, -0.15) is 0 Å². The molecule has 2 aromatic heterocycles. The van der Waals surface area contributed by atoms with Crippen molar-refractivity contribution in [3.8, 4) is 11.5 Å². The predicted molar refractivity (Wildman–Crippen MR) is 103 cm³/mol. The monoisotopic (exact) mass is 348 g/mol. The molecule has 4 nitrogen and oxygen atoms in total. The van der Waals surface area contributed by atoms with Crippen LogP contribution in [-0.2, 0) is 0 Å². The van der Waals surface area contributed by atoms with Crippen molar-refractivity contribution in [1.82, 2.24) is 9.88 Å². The smallest absolute Gasteiger partial charge is 0.254 e. The molecule has 1 aliphatic rings. The van der Waals surface area contributed by atoms with Crippen molar-refractivity contribution in [3.63, 3.8) is 0 Å². The Hall–Kier alpha value is -2.62. The number of pyridine rings is 1. The molecular formula is C22H24N2O2. The number of hydrogen-bond acceptors (Lipinski definition) is 3. The molecule has 1 saturated heterocycles. The van der Waals surface area contributed by atoms with Crippen LogP contribution in [0.5, 0.6) is 0 Å². The van der Waals surface area contributed by atoms with Gasteiger partial charge in [0.2, 0.25) is 0 Å². The highest BCUT2D eigenvalue weighted by molar-refractivity contribution is 6.07. The maximum absolute atomic E-state index is 13.4. The summed E-state index contributed by atoms with van der Waals surface area (Å²) in [6.45, 7) is 4.91. The topological polar surface area (TPSA) is 46.3 Å². The Labute approximate surface area is 153 Å². The van der Waals surface area contributed by atoms with E-state index >= 15 is 0 Å². The number of likely N-dealkylation sites (tertiary alicyclic amines) is 1. The van der Waals surface area contributed by atoms with E-state index in [1.165, 1.54) is 6.42 Å². The number of nitrogens with zero attached hydrogens (tertiary/aromatic N) is 2. The van der Waals surface area contributed by atoms with E-state index in [0.717, 1.165) is 48.0 Å². The number of carbonyl (C=O) groups excluding carboxylic acids is 1. The van der Waals surface area contributed by atoms with E-state index in [9.17, 15) is 4.79 Å². The van der Waals surface area contributed by atoms with E-state index in [0.29, 0.717) is 17.5 Å². The first kappa shape index (κ1) is 16.8. The molecular weight excluding hydrogens is 324 g/mol. The highest BCUT2D eigenvalue weighted by atomic mass is 16.3. The molecule has 26 heavy (non-hydrogen) atoms. The van der Waals surface area contributed by atoms with Gasteiger partial charge < -0.3 is 9.32 Å². The van der Waals surface area contributed by atoms with Gasteiger partial charge in [-0.1, -0.05) is 25.1 Å². The van der Waals surface area contributed by atoms with E-state index < -0.39 is 0 Å². The molecule has 0 unspecified atom stereocenters. The number of carbonyl (C=O) groups is 1. The van der Waals surface area contributed by atoms with Crippen LogP contribution in [-0.4, -0.2) is 28.4 Å². The minimum atomic E-state index is 0.111. The number of rotatable bonds is 3. The zero-order valence-electron chi connectivity index (χ0n) is 15.4. The number of piperidine rings is 1. The van der Waals surface area contributed by atoms with Gasteiger partial charge in [0.05, 0.1) is 11.1 Å². The van der Waals surface area contributed by atoms with E-state index in [4.69, 9.17) is 9.40 Å². The van der Waals surface area contributed by atoms with Crippen molar-refractivity contribution >= 4 is 16.8 Å². The number of hydrogen-bond donors (Lipinski definition) is 0. The van der Waals surface area contributed by atoms with E-state index in [1.807, 2.05) is 49.4 Å². The van der Waals surface area contributed by atoms with Crippen LogP contribution in [0, 0.1) is 6.92 Å². The summed E-state index contributed by atoms with van der Waals surface area (Å²) >= 11 is 0. The molecule has 4 rings (SSSR count). The van der Waals surface area contributed by atoms with Crippen molar-refractivity contribution in [2.45, 2.75) is 45.6 Å². The van der Waals surface area contributed by atoms with Gasteiger partial charge in [-0.25, -0.2) is 4.98 Å². The van der Waals surface area contributed by atoms with Crippen molar-refractivity contribution in [2.75, 3.05) is 6.54 Å². The maximum Gasteiger partial charge on any atom is 0.254 e. The van der Waals surface area contributed by atoms with E-state index in [2.05, 4.69) is 11.8 Å². The van der Waals surface area contributed by atoms with Gasteiger partial charge in [0.1, 0.15) is 11.5 Å². The number of benzene rings is 1. The summed E-state index contributed by atoms with van der Waals surface area (Å²) in [5.74, 6) is 1.65. The minimum Gasteiger partial charge on any atom is -0.460 e. The van der Waals surface area contributed by atoms with Gasteiger partial charge in [-0.15, -0.1) is 0 Å². The first-order valence-corrected chi connectivity index (χ1v) is 9.45. The van der Waals surface area contributed by atoms with Gasteiger partial charge in [0.25, 0.3) is 5.91 Å². The van der Waals surface area contributed by atoms with E-state index in [1.54, 1.807) is 0 Å². The zero-order valence-corrected chi connectivity index (χ0v) is 15.4. The molecule has 134 valence electrons. The Balaban J connectivity index is 1.83. The van der Waals surface area contributed by atoms with Gasteiger partial charge in [-0.05, 0) is 56.9 Å². The van der Waals surface area contributed by atoms with Gasteiger partial charge in [0, 0.05) is 18.0 Å². The lowest BCUT2D eigenvalue weighted by atomic mass is 9.97. The molecule has 0 saturated carbocycles. The van der Waals surface area contributed by atoms with Crippen molar-refractivity contribution in [1.29, 1.82) is 0 Å². The first-order valence-electron chi connectivity index (χ1n) is 9.45. The number of fused-ring (bicyclic) bond motifs is 1. The fourth-order valence-electron chi connectivity index (χ4n) is 3.90. The molecule has 1 aromatic carbocycles. The maximum atomic E-state index is 13.4. The summed E-state index contributed by atoms with van der Waals surface area (Å²) in [6.07, 6.45) is 4.38. The molecule has 0 radical (unpaired) electrons. The normalized spacial score (nSPS) is 17.6. The molecule has 0 bridgehead atoms. The van der Waals surface area contributed by atoms with Crippen LogP contribution in [0.2, 0.25) is 0 Å². The summed E-state index contributed by atoms with van der Waals surface area (Å²) in [5.41, 5.74) is 2.26. The van der Waals surface area contributed by atoms with Crippen LogP contribution in [0.3, 0.4) is 0 Å². The Bertz CT molecular complexity index is 944. The van der Waals surface area contributed by atoms with Crippen LogP contribution in [0.25, 0.3) is 22.4 Å². The summed E-state index contributed by atoms with van der Waals surface area (Å²) < 4.78 is 5.75. The molecule has 3 aromatic rings. The number of amides is 1. The Kier molecular flexibility index (Phi) is 4.49. The lowest BCUT2D eigenvalue weighted by Crippen LogP contribution is -2.43. The standard InChI is InChI=1S/C22H24N2O2/c1-3-16-8-6-7-13-24(16)22(25)18-14-20(21-12-11-15(2)26-21)23-19-10-5-4-9-17(18)19/h4-5,9-12,14,16H,3,6-8,13H2,1-2H3/t16-/m1/s1. The quantitative estimate of drug-likeness (QED) is 0.653. The largest absolute Gasteiger partial charge is 0.460 e. The summed E-state index contributed by atoms with van der Waals surface area (Å²) in [7, 11) is 0. The third-order valence-corrected chi connectivity index (χ3v) is 5.30. The van der Waals surface area contributed by atoms with Gasteiger partial charge in [-0.3, -0.25) is 4.79 Å². The lowest BCUT2D eigenvalue weighted by Gasteiger charge is -2.35. The van der Waals surface area contributed by atoms with Gasteiger partial charge >= 0.3 is 0 Å². The molecule has 1 amide bonds. The molecule has 0 N–H and O–H groups in total. The van der Waals surface area contributed by atoms with Crippen molar-refractivity contribution in [3.05, 3.63) is 53.8 Å². The number of furan rings is 1. The summed E-state index contributed by atoms with van der Waals surface area (Å²) in [5, 5.41) is 0.907. The molecule has 0 aliphatic carbocycles. The van der Waals surface area contributed by atoms with Gasteiger partial charge in [0.15, 0.2) is 5.76 Å². The number of aryl methyl sites for hydroxylation is 1. The summed E-state index contributed by atoms with van der Waals surface area (Å²) in [6, 6.07) is 13.9. The van der Waals surface area contributed by atoms with Crippen LogP contribution >= 0.6 is 0 Å². The summed E-state index contributed by atoms with van der Waals surface area (Å²) in [4.78, 5) is 20.2. The highest BCUT2D eigenvalue weighted by Crippen LogP contribution is 2.29. The SMILES string of the molecule is CC[C@@H]1CCCCN1C(=O)c1cc(-c2ccc(C)o2)nc2ccccc12. The fraction of sp³-hybridized carbons (Fsp3) is 0.364. The second-order valence-corrected chi connectivity index (χ2v) is 7.04. The Morgan fingerprint density at radius 2 is 2.08 bits per heavy atom. The first-order chi connectivity index (χ1) is 12.7. The highest BCUT2D eigenvalue weighted by Gasteiger charge is 2.28. The molecule has 1 atom stereocenters. The number of para-hydroxylation sites is 1. The molecule has 4 heteroatoms. The average molecular weight is 348 g/mol. The number of aromatic nitrogens is 1. The molecule has 1 fully saturated rings. The van der Waals surface area contributed by atoms with Crippen LogP contribution < -0.4 is 0 Å². The third-order valence-electron chi connectivity index (χ3n) is 5.30. The molecule has 0 spiro atoms. The van der Waals surface area contributed by atoms with Crippen LogP contribution in [0.4, 0.5) is 0 Å². The predicted octanol–water partition coefficient (Wildman–Crippen LogP) is 5.21. The van der Waals surface area contributed by atoms with Crippen LogP contribution in [0.15, 0.2) is 46.9 Å². The molecule has 3 heterocycles. The fourth-order valence-corrected chi connectivity index (χ4v) is 3.90. The zero-order chi connectivity index (χ0) is 18.1. The third kappa shape index (κ3) is 3.00. The second kappa shape index (κ2) is 6.94. The van der Waals surface area contributed by atoms with Crippen molar-refractivity contribution in [2.24, 2.45) is 0 Å².